The van der Waals surface area contributed by atoms with E-state index in [-0.39, 0.29) is 24.1 Å². The topological polar surface area (TPSA) is 49.4 Å². The highest BCUT2D eigenvalue weighted by atomic mass is 35.5. The number of nitrogens with zero attached hydrogens (tertiary/aromatic N) is 1. The maximum absolute atomic E-state index is 12.3. The smallest absolute Gasteiger partial charge is 0.223 e. The van der Waals surface area contributed by atoms with Crippen molar-refractivity contribution in [1.82, 2.24) is 10.2 Å². The molecule has 0 bridgehead atoms. The standard InChI is InChI=1S/C20H30N2O2.ClH/c1-3-16-5-7-18(8-6-16)19(23)9-10-20(24)22-13-11-17(12-14-22)15-21-4-2;/h5-8,17,21H,3-4,9-15H2,1-2H3;1H. The van der Waals surface area contributed by atoms with Crippen molar-refractivity contribution in [2.24, 2.45) is 5.92 Å². The number of hydrogen-bond donors (Lipinski definition) is 1. The van der Waals surface area contributed by atoms with Gasteiger partial charge in [-0.1, -0.05) is 38.1 Å². The van der Waals surface area contributed by atoms with Crippen LogP contribution in [0.15, 0.2) is 24.3 Å². The molecule has 0 radical (unpaired) electrons. The summed E-state index contributed by atoms with van der Waals surface area (Å²) in [6.07, 6.45) is 3.72. The van der Waals surface area contributed by atoms with Crippen molar-refractivity contribution in [3.8, 4) is 0 Å². The highest BCUT2D eigenvalue weighted by Crippen LogP contribution is 2.18. The SMILES string of the molecule is CCNCC1CCN(C(=O)CCC(=O)c2ccc(CC)cc2)CC1.Cl. The van der Waals surface area contributed by atoms with Gasteiger partial charge in [0.25, 0.3) is 0 Å². The Labute approximate surface area is 157 Å². The van der Waals surface area contributed by atoms with E-state index in [1.165, 1.54) is 5.56 Å². The predicted molar refractivity (Wildman–Crippen MR) is 104 cm³/mol. The van der Waals surface area contributed by atoms with E-state index < -0.39 is 0 Å². The van der Waals surface area contributed by atoms with E-state index >= 15 is 0 Å². The lowest BCUT2D eigenvalue weighted by Gasteiger charge is -2.32. The summed E-state index contributed by atoms with van der Waals surface area (Å²) >= 11 is 0. The van der Waals surface area contributed by atoms with Gasteiger partial charge in [-0.25, -0.2) is 0 Å². The number of Topliss-reactive ketones (excluding diaryl/α,β-unsaturated/α-hetero) is 1. The number of amides is 1. The first-order valence-electron chi connectivity index (χ1n) is 9.24. The maximum Gasteiger partial charge on any atom is 0.223 e. The minimum atomic E-state index is 0. The number of ketones is 1. The van der Waals surface area contributed by atoms with Gasteiger partial charge in [0.05, 0.1) is 0 Å². The molecule has 1 aromatic carbocycles. The lowest BCUT2D eigenvalue weighted by molar-refractivity contribution is -0.132. The number of piperidine rings is 1. The van der Waals surface area contributed by atoms with Crippen LogP contribution in [0.4, 0.5) is 0 Å². The highest BCUT2D eigenvalue weighted by Gasteiger charge is 2.22. The second-order valence-corrected chi connectivity index (χ2v) is 6.61. The summed E-state index contributed by atoms with van der Waals surface area (Å²) in [6.45, 7) is 7.91. The molecule has 0 atom stereocenters. The summed E-state index contributed by atoms with van der Waals surface area (Å²) in [5.74, 6) is 0.858. The lowest BCUT2D eigenvalue weighted by Crippen LogP contribution is -2.40. The molecule has 1 fully saturated rings. The Kier molecular flexibility index (Phi) is 9.76. The second kappa shape index (κ2) is 11.3. The van der Waals surface area contributed by atoms with Gasteiger partial charge < -0.3 is 10.2 Å². The second-order valence-electron chi connectivity index (χ2n) is 6.61. The average molecular weight is 367 g/mol. The molecule has 0 aromatic heterocycles. The Morgan fingerprint density at radius 1 is 1.08 bits per heavy atom. The zero-order valence-electron chi connectivity index (χ0n) is 15.4. The van der Waals surface area contributed by atoms with Crippen LogP contribution in [0.2, 0.25) is 0 Å². The lowest BCUT2D eigenvalue weighted by atomic mass is 9.96. The van der Waals surface area contributed by atoms with E-state index in [0.717, 1.165) is 45.4 Å². The quantitative estimate of drug-likeness (QED) is 0.716. The number of hydrogen-bond acceptors (Lipinski definition) is 3. The van der Waals surface area contributed by atoms with Crippen LogP contribution in [0.3, 0.4) is 0 Å². The van der Waals surface area contributed by atoms with Gasteiger partial charge in [0.2, 0.25) is 5.91 Å². The highest BCUT2D eigenvalue weighted by molar-refractivity contribution is 5.98. The van der Waals surface area contributed by atoms with Gasteiger partial charge >= 0.3 is 0 Å². The molecule has 2 rings (SSSR count). The Morgan fingerprint density at radius 3 is 2.28 bits per heavy atom. The van der Waals surface area contributed by atoms with Crippen molar-refractivity contribution in [3.63, 3.8) is 0 Å². The van der Waals surface area contributed by atoms with Crippen molar-refractivity contribution in [2.45, 2.75) is 46.0 Å². The number of aryl methyl sites for hydroxylation is 1. The fraction of sp³-hybridized carbons (Fsp3) is 0.600. The molecule has 25 heavy (non-hydrogen) atoms. The largest absolute Gasteiger partial charge is 0.343 e. The molecular weight excluding hydrogens is 336 g/mol. The zero-order chi connectivity index (χ0) is 17.4. The van der Waals surface area contributed by atoms with Gasteiger partial charge in [0, 0.05) is 31.5 Å². The zero-order valence-corrected chi connectivity index (χ0v) is 16.2. The third kappa shape index (κ3) is 6.79. The molecule has 0 aliphatic carbocycles. The Bertz CT molecular complexity index is 537. The van der Waals surface area contributed by atoms with E-state index in [9.17, 15) is 9.59 Å². The molecule has 1 aliphatic heterocycles. The van der Waals surface area contributed by atoms with Gasteiger partial charge in [-0.2, -0.15) is 0 Å². The van der Waals surface area contributed by atoms with Gasteiger partial charge in [0.1, 0.15) is 0 Å². The van der Waals surface area contributed by atoms with E-state index in [2.05, 4.69) is 19.2 Å². The molecule has 5 heteroatoms. The molecule has 1 amide bonds. The monoisotopic (exact) mass is 366 g/mol. The van der Waals surface area contributed by atoms with E-state index in [0.29, 0.717) is 24.3 Å². The van der Waals surface area contributed by atoms with Crippen LogP contribution >= 0.6 is 12.4 Å². The Balaban J connectivity index is 0.00000312. The van der Waals surface area contributed by atoms with Crippen molar-refractivity contribution in [2.75, 3.05) is 26.2 Å². The predicted octanol–water partition coefficient (Wildman–Crippen LogP) is 3.48. The molecule has 140 valence electrons. The fourth-order valence-electron chi connectivity index (χ4n) is 3.18. The van der Waals surface area contributed by atoms with E-state index in [4.69, 9.17) is 0 Å². The minimum absolute atomic E-state index is 0. The van der Waals surface area contributed by atoms with Gasteiger partial charge in [-0.15, -0.1) is 12.4 Å². The molecule has 1 aliphatic rings. The molecule has 0 unspecified atom stereocenters. The summed E-state index contributed by atoms with van der Waals surface area (Å²) in [6, 6.07) is 7.73. The number of rotatable bonds is 8. The normalized spacial score (nSPS) is 14.9. The Morgan fingerprint density at radius 2 is 1.72 bits per heavy atom. The van der Waals surface area contributed by atoms with Crippen LogP contribution in [0, 0.1) is 5.92 Å². The van der Waals surface area contributed by atoms with E-state index in [1.807, 2.05) is 29.2 Å². The number of benzene rings is 1. The number of halogens is 1. The summed E-state index contributed by atoms with van der Waals surface area (Å²) in [7, 11) is 0. The number of carbonyl (C=O) groups is 2. The van der Waals surface area contributed by atoms with Gasteiger partial charge in [-0.3, -0.25) is 9.59 Å². The molecule has 0 saturated carbocycles. The number of likely N-dealkylation sites (tertiary alicyclic amines) is 1. The third-order valence-electron chi connectivity index (χ3n) is 4.90. The fourth-order valence-corrected chi connectivity index (χ4v) is 3.18. The van der Waals surface area contributed by atoms with Gasteiger partial charge in [0.15, 0.2) is 5.78 Å². The van der Waals surface area contributed by atoms with Crippen LogP contribution in [0.5, 0.6) is 0 Å². The first kappa shape index (κ1) is 21.7. The number of nitrogens with one attached hydrogen (secondary N) is 1. The Hall–Kier alpha value is -1.39. The summed E-state index contributed by atoms with van der Waals surface area (Å²) in [4.78, 5) is 26.5. The van der Waals surface area contributed by atoms with Crippen molar-refractivity contribution >= 4 is 24.1 Å². The van der Waals surface area contributed by atoms with E-state index in [1.54, 1.807) is 0 Å². The summed E-state index contributed by atoms with van der Waals surface area (Å²) < 4.78 is 0. The minimum Gasteiger partial charge on any atom is -0.343 e. The summed E-state index contributed by atoms with van der Waals surface area (Å²) in [5.41, 5.74) is 1.94. The van der Waals surface area contributed by atoms with Crippen LogP contribution in [0.25, 0.3) is 0 Å². The number of carbonyl (C=O) groups excluding carboxylic acids is 2. The molecule has 4 nitrogen and oxygen atoms in total. The van der Waals surface area contributed by atoms with Crippen molar-refractivity contribution < 1.29 is 9.59 Å². The maximum atomic E-state index is 12.3. The van der Waals surface area contributed by atoms with Crippen LogP contribution < -0.4 is 5.32 Å². The average Bonchev–Trinajstić information content (AvgIpc) is 2.64. The van der Waals surface area contributed by atoms with Crippen LogP contribution in [-0.4, -0.2) is 42.8 Å². The van der Waals surface area contributed by atoms with Gasteiger partial charge in [-0.05, 0) is 43.8 Å². The molecule has 1 N–H and O–H groups in total. The molecule has 1 aromatic rings. The van der Waals surface area contributed by atoms with Crippen LogP contribution in [-0.2, 0) is 11.2 Å². The summed E-state index contributed by atoms with van der Waals surface area (Å²) in [5, 5.41) is 3.38. The molecule has 1 heterocycles. The van der Waals surface area contributed by atoms with Crippen LogP contribution in [0.1, 0.15) is 55.5 Å². The first-order valence-corrected chi connectivity index (χ1v) is 9.24. The first-order chi connectivity index (χ1) is 11.6. The van der Waals surface area contributed by atoms with Crippen molar-refractivity contribution in [1.29, 1.82) is 0 Å². The molecular formula is C20H31ClN2O2. The third-order valence-corrected chi connectivity index (χ3v) is 4.90. The molecule has 0 spiro atoms. The van der Waals surface area contributed by atoms with Crippen molar-refractivity contribution in [3.05, 3.63) is 35.4 Å². The molecule has 1 saturated heterocycles.